The first-order valence-electron chi connectivity index (χ1n) is 2.23. The van der Waals surface area contributed by atoms with E-state index in [0.29, 0.717) is 0 Å². The average Bonchev–Trinajstić information content (AvgIpc) is 1.89. The van der Waals surface area contributed by atoms with Crippen LogP contribution in [-0.2, 0) is 14.4 Å². The minimum Gasteiger partial charge on any atom is -0.364 e. The Morgan fingerprint density at radius 3 is 2.70 bits per heavy atom. The summed E-state index contributed by atoms with van der Waals surface area (Å²) in [5, 5.41) is 3.06. The van der Waals surface area contributed by atoms with Crippen LogP contribution < -0.4 is 5.73 Å². The van der Waals surface area contributed by atoms with Crippen molar-refractivity contribution in [2.24, 2.45) is 10.9 Å². The number of carbonyl (C=O) groups excluding carboxylic acids is 2. The molecule has 0 aromatic rings. The molecule has 0 fully saturated rings. The van der Waals surface area contributed by atoms with Crippen molar-refractivity contribution in [1.82, 2.24) is 0 Å². The Morgan fingerprint density at radius 1 is 1.80 bits per heavy atom. The maximum absolute atomic E-state index is 10.3. The zero-order chi connectivity index (χ0) is 7.98. The highest BCUT2D eigenvalue weighted by atomic mass is 32.2. The van der Waals surface area contributed by atoms with Crippen molar-refractivity contribution in [1.29, 1.82) is 0 Å². The van der Waals surface area contributed by atoms with E-state index in [1.54, 1.807) is 6.26 Å². The Balaban J connectivity index is 4.03. The van der Waals surface area contributed by atoms with Crippen LogP contribution >= 0.6 is 11.8 Å². The predicted molar refractivity (Wildman–Crippen MR) is 37.3 cm³/mol. The van der Waals surface area contributed by atoms with Crippen molar-refractivity contribution in [3.8, 4) is 0 Å². The highest BCUT2D eigenvalue weighted by molar-refractivity contribution is 8.15. The fourth-order valence-corrected chi connectivity index (χ4v) is 0.571. The van der Waals surface area contributed by atoms with Crippen LogP contribution in [0.4, 0.5) is 0 Å². The third-order valence-corrected chi connectivity index (χ3v) is 1.25. The molecule has 0 aliphatic rings. The lowest BCUT2D eigenvalue weighted by Crippen LogP contribution is -2.20. The molecule has 0 rings (SSSR count). The summed E-state index contributed by atoms with van der Waals surface area (Å²) in [6, 6.07) is 0. The third-order valence-electron chi connectivity index (χ3n) is 0.583. The van der Waals surface area contributed by atoms with Gasteiger partial charge in [-0.1, -0.05) is 5.16 Å². The summed E-state index contributed by atoms with van der Waals surface area (Å²) in [6.07, 6.45) is 1.59. The number of nitrogens with two attached hydrogens (primary N) is 1. The van der Waals surface area contributed by atoms with E-state index in [-0.39, 0.29) is 11.5 Å². The number of hydrogen-bond acceptors (Lipinski definition) is 5. The Labute approximate surface area is 61.6 Å². The largest absolute Gasteiger partial charge is 0.364 e. The third kappa shape index (κ3) is 3.08. The topological polar surface area (TPSA) is 81.8 Å². The van der Waals surface area contributed by atoms with Crippen LogP contribution in [0, 0.1) is 0 Å². The quantitative estimate of drug-likeness (QED) is 0.192. The van der Waals surface area contributed by atoms with Crippen LogP contribution in [0.3, 0.4) is 0 Å². The van der Waals surface area contributed by atoms with Crippen LogP contribution in [0.2, 0.25) is 0 Å². The molecule has 10 heavy (non-hydrogen) atoms. The summed E-state index contributed by atoms with van der Waals surface area (Å²) in [4.78, 5) is 23.8. The lowest BCUT2D eigenvalue weighted by atomic mass is 10.7. The number of carbonyl (C=O) groups is 2. The van der Waals surface area contributed by atoms with E-state index in [1.165, 1.54) is 0 Å². The van der Waals surface area contributed by atoms with Gasteiger partial charge in [-0.3, -0.25) is 9.59 Å². The summed E-state index contributed by atoms with van der Waals surface area (Å²) in [5.41, 5.74) is 4.80. The molecule has 0 unspecified atom stereocenters. The van der Waals surface area contributed by atoms with Gasteiger partial charge in [0.1, 0.15) is 0 Å². The molecule has 0 bridgehead atoms. The zero-order valence-electron chi connectivity index (χ0n) is 5.23. The lowest BCUT2D eigenvalue weighted by molar-refractivity contribution is -0.128. The zero-order valence-corrected chi connectivity index (χ0v) is 6.05. The first-order valence-corrected chi connectivity index (χ1v) is 3.46. The van der Waals surface area contributed by atoms with Gasteiger partial charge in [-0.15, -0.1) is 11.8 Å². The van der Waals surface area contributed by atoms with Gasteiger partial charge in [-0.2, -0.15) is 0 Å². The first-order chi connectivity index (χ1) is 4.72. The second-order valence-corrected chi connectivity index (χ2v) is 1.96. The second kappa shape index (κ2) is 4.80. The highest BCUT2D eigenvalue weighted by Crippen LogP contribution is 1.96. The van der Waals surface area contributed by atoms with E-state index in [1.807, 2.05) is 0 Å². The maximum atomic E-state index is 10.3. The second-order valence-electron chi connectivity index (χ2n) is 1.17. The summed E-state index contributed by atoms with van der Waals surface area (Å²) in [7, 11) is 0. The number of nitrogens with zero attached hydrogens (tertiary/aromatic N) is 1. The Morgan fingerprint density at radius 2 is 2.40 bits per heavy atom. The number of hydrogen-bond donors (Lipinski definition) is 1. The van der Waals surface area contributed by atoms with Crippen LogP contribution in [0.1, 0.15) is 0 Å². The molecule has 1 amide bonds. The molecule has 6 heteroatoms. The standard InChI is InChI=1S/C4H6N2O3S/c1-10-4(3(5)8)6-9-2-7/h2H,1H3,(H2,5,8). The molecule has 0 radical (unpaired) electrons. The van der Waals surface area contributed by atoms with Crippen molar-refractivity contribution in [3.63, 3.8) is 0 Å². The predicted octanol–water partition coefficient (Wildman–Crippen LogP) is -0.679. The van der Waals surface area contributed by atoms with E-state index in [2.05, 4.69) is 9.99 Å². The summed E-state index contributed by atoms with van der Waals surface area (Å²) < 4.78 is 0. The summed E-state index contributed by atoms with van der Waals surface area (Å²) in [5.74, 6) is -0.714. The Kier molecular flexibility index (Phi) is 4.30. The van der Waals surface area contributed by atoms with Crippen molar-refractivity contribution >= 4 is 29.2 Å². The van der Waals surface area contributed by atoms with Gasteiger partial charge in [0.05, 0.1) is 0 Å². The van der Waals surface area contributed by atoms with Gasteiger partial charge in [-0.05, 0) is 6.26 Å². The lowest BCUT2D eigenvalue weighted by Gasteiger charge is -1.92. The van der Waals surface area contributed by atoms with Crippen LogP contribution in [-0.4, -0.2) is 23.7 Å². The van der Waals surface area contributed by atoms with E-state index in [4.69, 9.17) is 5.73 Å². The number of thioether (sulfide) groups is 1. The van der Waals surface area contributed by atoms with E-state index < -0.39 is 5.91 Å². The molecule has 0 saturated carbocycles. The normalized spacial score (nSPS) is 10.7. The van der Waals surface area contributed by atoms with Gasteiger partial charge in [0.15, 0.2) is 0 Å². The minimum absolute atomic E-state index is 0.0351. The molecule has 0 heterocycles. The van der Waals surface area contributed by atoms with Crippen LogP contribution in [0.25, 0.3) is 0 Å². The summed E-state index contributed by atoms with van der Waals surface area (Å²) >= 11 is 1.01. The molecular formula is C4H6N2O3S. The van der Waals surface area contributed by atoms with Crippen LogP contribution in [0.5, 0.6) is 0 Å². The molecule has 0 atom stereocenters. The Hall–Kier alpha value is -1.04. The molecule has 0 aromatic carbocycles. The SMILES string of the molecule is CSC(=NOC=O)C(N)=O. The van der Waals surface area contributed by atoms with E-state index in [0.717, 1.165) is 11.8 Å². The first kappa shape index (κ1) is 8.96. The molecular weight excluding hydrogens is 156 g/mol. The van der Waals surface area contributed by atoms with Crippen molar-refractivity contribution in [2.45, 2.75) is 0 Å². The fourth-order valence-electron chi connectivity index (χ4n) is 0.252. The Bertz CT molecular complexity index is 168. The summed E-state index contributed by atoms with van der Waals surface area (Å²) in [6.45, 7) is 0.110. The molecule has 2 N–H and O–H groups in total. The fraction of sp³-hybridized carbons (Fsp3) is 0.250. The van der Waals surface area contributed by atoms with Gasteiger partial charge in [0, 0.05) is 0 Å². The van der Waals surface area contributed by atoms with Gasteiger partial charge < -0.3 is 10.6 Å². The van der Waals surface area contributed by atoms with E-state index >= 15 is 0 Å². The molecule has 56 valence electrons. The minimum atomic E-state index is -0.714. The number of oxime groups is 1. The van der Waals surface area contributed by atoms with Crippen molar-refractivity contribution < 1.29 is 14.4 Å². The number of amides is 1. The molecule has 0 aliphatic carbocycles. The maximum Gasteiger partial charge on any atom is 0.323 e. The van der Waals surface area contributed by atoms with Gasteiger partial charge in [0.2, 0.25) is 5.04 Å². The molecule has 0 saturated heterocycles. The van der Waals surface area contributed by atoms with Crippen molar-refractivity contribution in [3.05, 3.63) is 0 Å². The molecule has 5 nitrogen and oxygen atoms in total. The number of primary amides is 1. The highest BCUT2D eigenvalue weighted by Gasteiger charge is 2.04. The molecule has 0 spiro atoms. The smallest absolute Gasteiger partial charge is 0.323 e. The van der Waals surface area contributed by atoms with E-state index in [9.17, 15) is 9.59 Å². The monoisotopic (exact) mass is 162 g/mol. The van der Waals surface area contributed by atoms with Crippen molar-refractivity contribution in [2.75, 3.05) is 6.26 Å². The van der Waals surface area contributed by atoms with Gasteiger partial charge in [-0.25, -0.2) is 0 Å². The van der Waals surface area contributed by atoms with Gasteiger partial charge >= 0.3 is 6.47 Å². The van der Waals surface area contributed by atoms with Gasteiger partial charge in [0.25, 0.3) is 5.91 Å². The average molecular weight is 162 g/mol. The molecule has 0 aromatic heterocycles. The number of rotatable bonds is 2. The van der Waals surface area contributed by atoms with Crippen LogP contribution in [0.15, 0.2) is 5.16 Å². The molecule has 0 aliphatic heterocycles.